The average Bonchev–Trinajstić information content (AvgIpc) is 2.70. The molecule has 1 N–H and O–H groups in total. The van der Waals surface area contributed by atoms with Crippen molar-refractivity contribution in [3.05, 3.63) is 50.7 Å². The van der Waals surface area contributed by atoms with Crippen LogP contribution in [0, 0.1) is 6.92 Å². The van der Waals surface area contributed by atoms with Gasteiger partial charge in [0.2, 0.25) is 0 Å². The minimum Gasteiger partial charge on any atom is -0.310 e. The molecule has 0 radical (unpaired) electrons. The third-order valence-electron chi connectivity index (χ3n) is 3.30. The predicted octanol–water partition coefficient (Wildman–Crippen LogP) is 4.04. The van der Waals surface area contributed by atoms with Gasteiger partial charge in [0.05, 0.1) is 5.69 Å². The van der Waals surface area contributed by atoms with Gasteiger partial charge in [-0.1, -0.05) is 34.5 Å². The van der Waals surface area contributed by atoms with Gasteiger partial charge in [-0.25, -0.2) is 0 Å². The molecule has 1 aromatic heterocycles. The number of hydrogen-bond acceptors (Lipinski definition) is 2. The summed E-state index contributed by atoms with van der Waals surface area (Å²) in [6, 6.07) is 8.25. The Balaban J connectivity index is 2.31. The molecule has 0 fully saturated rings. The number of nitrogens with one attached hydrogen (secondary N) is 1. The maximum absolute atomic E-state index is 6.13. The van der Waals surface area contributed by atoms with E-state index in [1.54, 1.807) is 0 Å². The molecule has 2 rings (SSSR count). The van der Waals surface area contributed by atoms with Crippen molar-refractivity contribution < 1.29 is 0 Å². The van der Waals surface area contributed by atoms with Crippen LogP contribution in [0.4, 0.5) is 0 Å². The Labute approximate surface area is 133 Å². The molecule has 108 valence electrons. The zero-order chi connectivity index (χ0) is 14.7. The zero-order valence-electron chi connectivity index (χ0n) is 12.0. The van der Waals surface area contributed by atoms with Crippen LogP contribution in [0.3, 0.4) is 0 Å². The van der Waals surface area contributed by atoms with Gasteiger partial charge in [0.1, 0.15) is 0 Å². The molecule has 1 atom stereocenters. The van der Waals surface area contributed by atoms with Gasteiger partial charge in [-0.2, -0.15) is 5.10 Å². The quantitative estimate of drug-likeness (QED) is 0.876. The lowest BCUT2D eigenvalue weighted by Gasteiger charge is -2.20. The van der Waals surface area contributed by atoms with Crippen LogP contribution in [-0.4, -0.2) is 16.3 Å². The largest absolute Gasteiger partial charge is 0.310 e. The molecule has 0 saturated heterocycles. The van der Waals surface area contributed by atoms with Gasteiger partial charge in [0, 0.05) is 34.7 Å². The first kappa shape index (κ1) is 15.5. The van der Waals surface area contributed by atoms with Crippen LogP contribution in [0.5, 0.6) is 0 Å². The second-order valence-electron chi connectivity index (χ2n) is 4.88. The maximum Gasteiger partial charge on any atom is 0.0596 e. The molecule has 3 nitrogen and oxygen atoms in total. The number of aromatic nitrogens is 2. The van der Waals surface area contributed by atoms with Gasteiger partial charge >= 0.3 is 0 Å². The Hall–Kier alpha value is -0.840. The summed E-state index contributed by atoms with van der Waals surface area (Å²) in [5.74, 6) is 0. The van der Waals surface area contributed by atoms with E-state index in [0.29, 0.717) is 0 Å². The molecular formula is C15H19BrClN3. The summed E-state index contributed by atoms with van der Waals surface area (Å²) in [5.41, 5.74) is 3.43. The van der Waals surface area contributed by atoms with Gasteiger partial charge in [-0.15, -0.1) is 0 Å². The van der Waals surface area contributed by atoms with E-state index in [1.165, 1.54) is 11.3 Å². The smallest absolute Gasteiger partial charge is 0.0596 e. The molecule has 5 heteroatoms. The van der Waals surface area contributed by atoms with Gasteiger partial charge < -0.3 is 5.32 Å². The first-order valence-corrected chi connectivity index (χ1v) is 7.86. The summed E-state index contributed by atoms with van der Waals surface area (Å²) < 4.78 is 3.02. The van der Waals surface area contributed by atoms with E-state index in [-0.39, 0.29) is 6.04 Å². The molecule has 0 aliphatic carbocycles. The Kier molecular flexibility index (Phi) is 5.24. The van der Waals surface area contributed by atoms with E-state index < -0.39 is 0 Å². The second kappa shape index (κ2) is 6.74. The summed E-state index contributed by atoms with van der Waals surface area (Å²) in [6.07, 6.45) is 0.879. The number of hydrogen-bond donors (Lipinski definition) is 1. The lowest BCUT2D eigenvalue weighted by atomic mass is 10.0. The zero-order valence-corrected chi connectivity index (χ0v) is 14.3. The van der Waals surface area contributed by atoms with Crippen molar-refractivity contribution >= 4 is 27.5 Å². The van der Waals surface area contributed by atoms with Crippen molar-refractivity contribution in [2.75, 3.05) is 6.54 Å². The third-order valence-corrected chi connectivity index (χ3v) is 4.25. The van der Waals surface area contributed by atoms with E-state index in [2.05, 4.69) is 39.3 Å². The fraction of sp³-hybridized carbons (Fsp3) is 0.400. The maximum atomic E-state index is 6.13. The van der Waals surface area contributed by atoms with Gasteiger partial charge in [0.15, 0.2) is 0 Å². The topological polar surface area (TPSA) is 29.9 Å². The van der Waals surface area contributed by atoms with Crippen LogP contribution in [0.15, 0.2) is 28.7 Å². The SMILES string of the molecule is CCNC(Cc1cc(C)nn1C)c1cc(Cl)ccc1Br. The highest BCUT2D eigenvalue weighted by molar-refractivity contribution is 9.10. The highest BCUT2D eigenvalue weighted by Gasteiger charge is 2.17. The fourth-order valence-corrected chi connectivity index (χ4v) is 3.09. The molecule has 2 aromatic rings. The number of aryl methyl sites for hydroxylation is 2. The van der Waals surface area contributed by atoms with Crippen molar-refractivity contribution in [2.24, 2.45) is 7.05 Å². The third kappa shape index (κ3) is 3.62. The average molecular weight is 357 g/mol. The minimum absolute atomic E-state index is 0.211. The standard InChI is InChI=1S/C15H19BrClN3/c1-4-18-15(9-12-7-10(2)19-20(12)3)13-8-11(17)5-6-14(13)16/h5-8,15,18H,4,9H2,1-3H3. The van der Waals surface area contributed by atoms with Crippen molar-refractivity contribution in [1.82, 2.24) is 15.1 Å². The molecule has 0 aliphatic rings. The Morgan fingerprint density at radius 3 is 2.75 bits per heavy atom. The first-order valence-electron chi connectivity index (χ1n) is 6.69. The van der Waals surface area contributed by atoms with Gasteiger partial charge in [-0.3, -0.25) is 4.68 Å². The number of halogens is 2. The predicted molar refractivity (Wildman–Crippen MR) is 87.2 cm³/mol. The Bertz CT molecular complexity index is 595. The molecule has 20 heavy (non-hydrogen) atoms. The summed E-state index contributed by atoms with van der Waals surface area (Å²) >= 11 is 9.75. The molecule has 1 aromatic carbocycles. The number of rotatable bonds is 5. The van der Waals surface area contributed by atoms with Crippen molar-refractivity contribution in [3.63, 3.8) is 0 Å². The highest BCUT2D eigenvalue weighted by atomic mass is 79.9. The summed E-state index contributed by atoms with van der Waals surface area (Å²) in [6.45, 7) is 5.03. The minimum atomic E-state index is 0.211. The summed E-state index contributed by atoms with van der Waals surface area (Å²) in [7, 11) is 1.98. The van der Waals surface area contributed by atoms with Gasteiger partial charge in [-0.05, 0) is 43.3 Å². The van der Waals surface area contributed by atoms with Crippen LogP contribution in [0.1, 0.15) is 29.9 Å². The van der Waals surface area contributed by atoms with Gasteiger partial charge in [0.25, 0.3) is 0 Å². The molecule has 0 saturated carbocycles. The molecule has 0 aliphatic heterocycles. The van der Waals surface area contributed by atoms with E-state index in [0.717, 1.165) is 28.2 Å². The van der Waals surface area contributed by atoms with E-state index in [9.17, 15) is 0 Å². The molecule has 0 amide bonds. The Morgan fingerprint density at radius 2 is 2.15 bits per heavy atom. The van der Waals surface area contributed by atoms with Crippen LogP contribution in [-0.2, 0) is 13.5 Å². The molecule has 1 heterocycles. The number of likely N-dealkylation sites (N-methyl/N-ethyl adjacent to an activating group) is 1. The lowest BCUT2D eigenvalue weighted by Crippen LogP contribution is -2.24. The number of benzene rings is 1. The van der Waals surface area contributed by atoms with E-state index >= 15 is 0 Å². The number of nitrogens with zero attached hydrogens (tertiary/aromatic N) is 2. The van der Waals surface area contributed by atoms with E-state index in [4.69, 9.17) is 11.6 Å². The van der Waals surface area contributed by atoms with Crippen LogP contribution >= 0.6 is 27.5 Å². The normalized spacial score (nSPS) is 12.7. The highest BCUT2D eigenvalue weighted by Crippen LogP contribution is 2.29. The molecule has 0 spiro atoms. The molecule has 1 unspecified atom stereocenters. The molecular weight excluding hydrogens is 338 g/mol. The van der Waals surface area contributed by atoms with Crippen LogP contribution < -0.4 is 5.32 Å². The van der Waals surface area contributed by atoms with Crippen molar-refractivity contribution in [2.45, 2.75) is 26.3 Å². The van der Waals surface area contributed by atoms with Crippen LogP contribution in [0.25, 0.3) is 0 Å². The molecule has 0 bridgehead atoms. The monoisotopic (exact) mass is 355 g/mol. The van der Waals surface area contributed by atoms with Crippen LogP contribution in [0.2, 0.25) is 5.02 Å². The van der Waals surface area contributed by atoms with E-state index in [1.807, 2.05) is 36.9 Å². The fourth-order valence-electron chi connectivity index (χ4n) is 2.38. The second-order valence-corrected chi connectivity index (χ2v) is 6.17. The Morgan fingerprint density at radius 1 is 1.40 bits per heavy atom. The lowest BCUT2D eigenvalue weighted by molar-refractivity contribution is 0.527. The summed E-state index contributed by atoms with van der Waals surface area (Å²) in [5, 5.41) is 8.69. The first-order chi connectivity index (χ1) is 9.51. The van der Waals surface area contributed by atoms with Crippen molar-refractivity contribution in [1.29, 1.82) is 0 Å². The van der Waals surface area contributed by atoms with Crippen molar-refractivity contribution in [3.8, 4) is 0 Å². The summed E-state index contributed by atoms with van der Waals surface area (Å²) in [4.78, 5) is 0.